The van der Waals surface area contributed by atoms with Crippen molar-refractivity contribution in [3.05, 3.63) is 0 Å². The molecular formula is C19H36N3O11P. The van der Waals surface area contributed by atoms with Gasteiger partial charge in [-0.3, -0.25) is 13.8 Å². The van der Waals surface area contributed by atoms with Crippen LogP contribution in [0, 0.1) is 0 Å². The Morgan fingerprint density at radius 2 is 1.26 bits per heavy atom. The van der Waals surface area contributed by atoms with Crippen LogP contribution in [0.4, 0.5) is 9.59 Å². The van der Waals surface area contributed by atoms with Crippen LogP contribution in [0.1, 0.15) is 39.5 Å². The predicted molar refractivity (Wildman–Crippen MR) is 120 cm³/mol. The molecule has 0 aromatic rings. The molecular weight excluding hydrogens is 477 g/mol. The molecule has 0 aliphatic carbocycles. The second-order valence-electron chi connectivity index (χ2n) is 6.63. The smallest absolute Gasteiger partial charge is 0.468 e. The van der Waals surface area contributed by atoms with E-state index in [1.165, 1.54) is 19.1 Å². The molecule has 0 unspecified atom stereocenters. The van der Waals surface area contributed by atoms with Crippen LogP contribution in [0.15, 0.2) is 4.76 Å². The maximum atomic E-state index is 13.0. The molecule has 0 radical (unpaired) electrons. The van der Waals surface area contributed by atoms with E-state index in [0.29, 0.717) is 12.8 Å². The molecule has 14 nitrogen and oxygen atoms in total. The molecule has 0 bridgehead atoms. The van der Waals surface area contributed by atoms with Gasteiger partial charge in [-0.15, -0.1) is 4.76 Å². The molecule has 0 amide bonds. The summed E-state index contributed by atoms with van der Waals surface area (Å²) in [5.74, 6) is -0.871. The Balaban J connectivity index is 4.79. The minimum Gasteiger partial charge on any atom is -0.468 e. The van der Waals surface area contributed by atoms with Crippen LogP contribution in [-0.4, -0.2) is 89.5 Å². The van der Waals surface area contributed by atoms with Gasteiger partial charge in [0.25, 0.3) is 0 Å². The van der Waals surface area contributed by atoms with Crippen molar-refractivity contribution >= 4 is 32.0 Å². The number of nitrogens with two attached hydrogens (primary N) is 1. The summed E-state index contributed by atoms with van der Waals surface area (Å²) in [4.78, 5) is 35.2. The highest BCUT2D eigenvalue weighted by atomic mass is 31.2. The highest BCUT2D eigenvalue weighted by Crippen LogP contribution is 2.50. The number of hydrogen-bond acceptors (Lipinski definition) is 11. The van der Waals surface area contributed by atoms with Crippen LogP contribution >= 0.6 is 7.75 Å². The third-order valence-electron chi connectivity index (χ3n) is 3.58. The number of carbonyl (C=O) groups is 3. The lowest BCUT2D eigenvalue weighted by Gasteiger charge is -2.19. The summed E-state index contributed by atoms with van der Waals surface area (Å²) in [6, 6.07) is 0. The van der Waals surface area contributed by atoms with E-state index in [9.17, 15) is 18.9 Å². The zero-order valence-corrected chi connectivity index (χ0v) is 21.1. The predicted octanol–water partition coefficient (Wildman–Crippen LogP) is 2.45. The number of ether oxygens (including phenoxy) is 5. The largest absolute Gasteiger partial charge is 0.508 e. The first-order chi connectivity index (χ1) is 16.2. The Labute approximate surface area is 199 Å². The molecule has 0 aliphatic heterocycles. The van der Waals surface area contributed by atoms with Crippen molar-refractivity contribution in [3.63, 3.8) is 0 Å². The Morgan fingerprint density at radius 3 is 1.68 bits per heavy atom. The van der Waals surface area contributed by atoms with Gasteiger partial charge in [0.15, 0.2) is 0 Å². The van der Waals surface area contributed by atoms with Gasteiger partial charge in [-0.2, -0.15) is 0 Å². The standard InChI is InChI=1S/C19H36N3O11P/c1-5-9-28-18(24)30-11-7-13-32-34(26,21-17(20)22(3)15-16(23)27-4)33-14-8-12-31-19(25)29-10-6-2/h5-15H2,1-4H3,(H2,20,21,26). The van der Waals surface area contributed by atoms with Gasteiger partial charge in [0.05, 0.1) is 46.8 Å². The summed E-state index contributed by atoms with van der Waals surface area (Å²) in [7, 11) is -1.47. The van der Waals surface area contributed by atoms with Crippen molar-refractivity contribution in [2.45, 2.75) is 39.5 Å². The van der Waals surface area contributed by atoms with Crippen molar-refractivity contribution in [3.8, 4) is 0 Å². The molecule has 0 aliphatic rings. The number of esters is 1. The zero-order chi connectivity index (χ0) is 25.8. The van der Waals surface area contributed by atoms with E-state index in [4.69, 9.17) is 33.7 Å². The molecule has 0 atom stereocenters. The highest BCUT2D eigenvalue weighted by Gasteiger charge is 2.26. The highest BCUT2D eigenvalue weighted by molar-refractivity contribution is 7.52. The maximum Gasteiger partial charge on any atom is 0.508 e. The van der Waals surface area contributed by atoms with E-state index in [1.807, 2.05) is 13.8 Å². The van der Waals surface area contributed by atoms with Crippen LogP contribution in [0.3, 0.4) is 0 Å². The molecule has 198 valence electrons. The van der Waals surface area contributed by atoms with E-state index >= 15 is 0 Å². The molecule has 0 fully saturated rings. The number of likely N-dealkylation sites (N-methyl/N-ethyl adjacent to an activating group) is 1. The van der Waals surface area contributed by atoms with E-state index in [2.05, 4.69) is 9.50 Å². The van der Waals surface area contributed by atoms with Gasteiger partial charge in [-0.25, -0.2) is 14.2 Å². The van der Waals surface area contributed by atoms with Crippen molar-refractivity contribution in [2.75, 3.05) is 60.3 Å². The number of carbonyl (C=O) groups excluding carboxylic acids is 3. The Morgan fingerprint density at radius 1 is 0.824 bits per heavy atom. The molecule has 0 spiro atoms. The third-order valence-corrected chi connectivity index (χ3v) is 5.05. The summed E-state index contributed by atoms with van der Waals surface area (Å²) in [6.07, 6.45) is 0.0417. The normalized spacial score (nSPS) is 11.5. The van der Waals surface area contributed by atoms with Crippen LogP contribution in [0.5, 0.6) is 0 Å². The van der Waals surface area contributed by atoms with Crippen molar-refractivity contribution in [1.29, 1.82) is 0 Å². The second-order valence-corrected chi connectivity index (χ2v) is 8.28. The molecule has 15 heteroatoms. The van der Waals surface area contributed by atoms with Gasteiger partial charge in [-0.1, -0.05) is 13.8 Å². The number of rotatable bonds is 17. The number of guanidine groups is 1. The number of hydrogen-bond donors (Lipinski definition) is 1. The quantitative estimate of drug-likeness (QED) is 0.0750. The lowest BCUT2D eigenvalue weighted by atomic mass is 10.5. The van der Waals surface area contributed by atoms with Gasteiger partial charge in [0.2, 0.25) is 5.96 Å². The first-order valence-corrected chi connectivity index (χ1v) is 12.3. The fourth-order valence-corrected chi connectivity index (χ4v) is 3.19. The summed E-state index contributed by atoms with van der Waals surface area (Å²) < 4.78 is 51.2. The number of methoxy groups -OCH3 is 1. The lowest BCUT2D eigenvalue weighted by Crippen LogP contribution is -2.38. The molecule has 0 saturated heterocycles. The molecule has 34 heavy (non-hydrogen) atoms. The minimum absolute atomic E-state index is 0.0439. The summed E-state index contributed by atoms with van der Waals surface area (Å²) in [6.45, 7) is 3.56. The van der Waals surface area contributed by atoms with Crippen LogP contribution in [0.2, 0.25) is 0 Å². The average Bonchev–Trinajstić information content (AvgIpc) is 2.80. The topological polar surface area (TPSA) is 175 Å². The van der Waals surface area contributed by atoms with Crippen LogP contribution in [-0.2, 0) is 42.1 Å². The van der Waals surface area contributed by atoms with Gasteiger partial charge in [0.1, 0.15) is 6.54 Å². The Hall–Kier alpha value is -2.57. The monoisotopic (exact) mass is 513 g/mol. The first-order valence-electron chi connectivity index (χ1n) is 10.8. The fourth-order valence-electron chi connectivity index (χ4n) is 1.88. The Bertz CT molecular complexity index is 656. The van der Waals surface area contributed by atoms with Crippen molar-refractivity contribution in [2.24, 2.45) is 10.5 Å². The van der Waals surface area contributed by atoms with Crippen LogP contribution in [0.25, 0.3) is 0 Å². The Kier molecular flexibility index (Phi) is 17.4. The SMILES string of the molecule is CCCOC(=O)OCCCOP(=O)(/N=C(\N)N(C)CC(=O)OC)OCCCOC(=O)OCCC. The molecule has 0 heterocycles. The zero-order valence-electron chi connectivity index (χ0n) is 20.2. The fraction of sp³-hybridized carbons (Fsp3) is 0.789. The van der Waals surface area contributed by atoms with Gasteiger partial charge in [0, 0.05) is 19.9 Å². The molecule has 0 aromatic heterocycles. The van der Waals surface area contributed by atoms with Gasteiger partial charge >= 0.3 is 26.0 Å². The summed E-state index contributed by atoms with van der Waals surface area (Å²) >= 11 is 0. The van der Waals surface area contributed by atoms with E-state index in [0.717, 1.165) is 0 Å². The van der Waals surface area contributed by atoms with E-state index < -0.39 is 26.0 Å². The van der Waals surface area contributed by atoms with Crippen molar-refractivity contribution in [1.82, 2.24) is 4.90 Å². The third kappa shape index (κ3) is 16.1. The molecule has 0 aromatic carbocycles. The molecule has 2 N–H and O–H groups in total. The maximum absolute atomic E-state index is 13.0. The van der Waals surface area contributed by atoms with E-state index in [-0.39, 0.29) is 65.0 Å². The van der Waals surface area contributed by atoms with E-state index in [1.54, 1.807) is 0 Å². The van der Waals surface area contributed by atoms with Gasteiger partial charge < -0.3 is 34.3 Å². The second kappa shape index (κ2) is 18.8. The summed E-state index contributed by atoms with van der Waals surface area (Å²) in [5, 5.41) is 0. The van der Waals surface area contributed by atoms with Crippen molar-refractivity contribution < 1.29 is 51.7 Å². The average molecular weight is 513 g/mol. The van der Waals surface area contributed by atoms with Gasteiger partial charge in [-0.05, 0) is 12.8 Å². The first kappa shape index (κ1) is 31.4. The summed E-state index contributed by atoms with van der Waals surface area (Å²) in [5.41, 5.74) is 5.80. The molecule has 0 rings (SSSR count). The number of nitrogens with zero attached hydrogens (tertiary/aromatic N) is 2. The van der Waals surface area contributed by atoms with Crippen LogP contribution < -0.4 is 5.73 Å². The minimum atomic E-state index is -4.12. The lowest BCUT2D eigenvalue weighted by molar-refractivity contribution is -0.140. The molecule has 0 saturated carbocycles.